The Hall–Kier alpha value is -1.66. The molecule has 1 aromatic heterocycles. The summed E-state index contributed by atoms with van der Waals surface area (Å²) < 4.78 is 16.3. The number of hydrogen-bond acceptors (Lipinski definition) is 6. The van der Waals surface area contributed by atoms with Gasteiger partial charge in [-0.2, -0.15) is 0 Å². The van der Waals surface area contributed by atoms with Gasteiger partial charge in [0, 0.05) is 17.5 Å². The van der Waals surface area contributed by atoms with Crippen LogP contribution >= 0.6 is 11.8 Å². The van der Waals surface area contributed by atoms with Gasteiger partial charge in [0.05, 0.1) is 12.7 Å². The molecule has 0 atom stereocenters. The van der Waals surface area contributed by atoms with E-state index in [1.807, 2.05) is 18.2 Å². The number of fused-ring (bicyclic) bond motifs is 1. The first kappa shape index (κ1) is 13.3. The molecular formula is C14H16N2O3S. The van der Waals surface area contributed by atoms with Crippen LogP contribution in [0.2, 0.25) is 0 Å². The molecule has 5 nitrogen and oxygen atoms in total. The van der Waals surface area contributed by atoms with Crippen LogP contribution in [0, 0.1) is 0 Å². The molecule has 0 amide bonds. The van der Waals surface area contributed by atoms with E-state index in [0.717, 1.165) is 23.8 Å². The molecule has 0 spiro atoms. The fourth-order valence-electron chi connectivity index (χ4n) is 2.09. The Bertz CT molecular complexity index is 572. The monoisotopic (exact) mass is 292 g/mol. The highest BCUT2D eigenvalue weighted by molar-refractivity contribution is 7.98. The Labute approximate surface area is 121 Å². The summed E-state index contributed by atoms with van der Waals surface area (Å²) in [5.41, 5.74) is 1.20. The zero-order valence-electron chi connectivity index (χ0n) is 11.2. The van der Waals surface area contributed by atoms with E-state index >= 15 is 0 Å². The first-order valence-electron chi connectivity index (χ1n) is 6.43. The van der Waals surface area contributed by atoms with Crippen molar-refractivity contribution in [1.82, 2.24) is 10.5 Å². The third-order valence-corrected chi connectivity index (χ3v) is 3.87. The van der Waals surface area contributed by atoms with E-state index in [9.17, 15) is 0 Å². The quantitative estimate of drug-likeness (QED) is 0.854. The maximum atomic E-state index is 5.63. The van der Waals surface area contributed by atoms with Crippen molar-refractivity contribution in [1.29, 1.82) is 0 Å². The summed E-state index contributed by atoms with van der Waals surface area (Å²) in [5, 5.41) is 7.03. The third kappa shape index (κ3) is 2.91. The Morgan fingerprint density at radius 3 is 2.70 bits per heavy atom. The maximum absolute atomic E-state index is 5.63. The van der Waals surface area contributed by atoms with Gasteiger partial charge in [0.1, 0.15) is 19.0 Å². The van der Waals surface area contributed by atoms with E-state index in [0.29, 0.717) is 19.8 Å². The smallest absolute Gasteiger partial charge is 0.162 e. The highest BCUT2D eigenvalue weighted by Gasteiger charge is 2.15. The summed E-state index contributed by atoms with van der Waals surface area (Å²) in [7, 11) is 0. The first-order valence-corrected chi connectivity index (χ1v) is 7.66. The summed E-state index contributed by atoms with van der Waals surface area (Å²) in [6.45, 7) is 2.62. The van der Waals surface area contributed by atoms with Gasteiger partial charge < -0.3 is 19.3 Å². The summed E-state index contributed by atoms with van der Waals surface area (Å²) in [5.74, 6) is 2.48. The molecule has 1 aliphatic heterocycles. The van der Waals surface area contributed by atoms with Crippen molar-refractivity contribution < 1.29 is 14.0 Å². The minimum Gasteiger partial charge on any atom is -0.486 e. The Kier molecular flexibility index (Phi) is 4.13. The highest BCUT2D eigenvalue weighted by atomic mass is 32.2. The fraction of sp³-hybridized carbons (Fsp3) is 0.357. The van der Waals surface area contributed by atoms with Crippen LogP contribution in [0.25, 0.3) is 0 Å². The van der Waals surface area contributed by atoms with Crippen molar-refractivity contribution in [2.24, 2.45) is 0 Å². The van der Waals surface area contributed by atoms with Crippen molar-refractivity contribution >= 4 is 11.8 Å². The van der Waals surface area contributed by atoms with E-state index in [2.05, 4.69) is 16.7 Å². The van der Waals surface area contributed by atoms with Crippen LogP contribution in [0.3, 0.4) is 0 Å². The van der Waals surface area contributed by atoms with Crippen molar-refractivity contribution in [2.75, 3.05) is 19.5 Å². The van der Waals surface area contributed by atoms with Crippen LogP contribution in [0.4, 0.5) is 0 Å². The zero-order valence-corrected chi connectivity index (χ0v) is 12.0. The largest absolute Gasteiger partial charge is 0.486 e. The number of nitrogens with zero attached hydrogens (tertiary/aromatic N) is 1. The predicted molar refractivity (Wildman–Crippen MR) is 76.3 cm³/mol. The maximum Gasteiger partial charge on any atom is 0.162 e. The van der Waals surface area contributed by atoms with E-state index in [-0.39, 0.29) is 0 Å². The third-order valence-electron chi connectivity index (χ3n) is 3.05. The molecule has 0 saturated heterocycles. The molecule has 1 N–H and O–H groups in total. The molecule has 1 aromatic carbocycles. The molecule has 3 rings (SSSR count). The minimum atomic E-state index is 0.608. The predicted octanol–water partition coefficient (Wildman–Crippen LogP) is 2.46. The molecule has 0 radical (unpaired) electrons. The number of ether oxygens (including phenoxy) is 2. The number of rotatable bonds is 5. The van der Waals surface area contributed by atoms with Gasteiger partial charge in [0.25, 0.3) is 0 Å². The second-order valence-corrected chi connectivity index (χ2v) is 5.24. The minimum absolute atomic E-state index is 0.608. The summed E-state index contributed by atoms with van der Waals surface area (Å²) in [4.78, 5) is 1.19. The lowest BCUT2D eigenvalue weighted by molar-refractivity contribution is 0.171. The molecular weight excluding hydrogens is 276 g/mol. The fourth-order valence-corrected chi connectivity index (χ4v) is 2.71. The normalized spacial score (nSPS) is 13.4. The lowest BCUT2D eigenvalue weighted by Gasteiger charge is -2.20. The number of aromatic nitrogens is 1. The van der Waals surface area contributed by atoms with E-state index in [1.54, 1.807) is 18.0 Å². The summed E-state index contributed by atoms with van der Waals surface area (Å²) in [6, 6.07) is 5.95. The molecule has 1 aliphatic rings. The van der Waals surface area contributed by atoms with Gasteiger partial charge in [0.2, 0.25) is 0 Å². The van der Waals surface area contributed by atoms with Crippen LogP contribution in [0.5, 0.6) is 11.5 Å². The van der Waals surface area contributed by atoms with Crippen LogP contribution in [0.1, 0.15) is 11.3 Å². The Morgan fingerprint density at radius 2 is 2.00 bits per heavy atom. The van der Waals surface area contributed by atoms with Crippen LogP contribution < -0.4 is 14.8 Å². The van der Waals surface area contributed by atoms with Crippen molar-refractivity contribution in [3.63, 3.8) is 0 Å². The zero-order chi connectivity index (χ0) is 13.8. The van der Waals surface area contributed by atoms with Crippen molar-refractivity contribution in [3.8, 4) is 11.5 Å². The lowest BCUT2D eigenvalue weighted by Crippen LogP contribution is -2.17. The van der Waals surface area contributed by atoms with Gasteiger partial charge in [-0.15, -0.1) is 11.8 Å². The van der Waals surface area contributed by atoms with Gasteiger partial charge in [0.15, 0.2) is 11.5 Å². The summed E-state index contributed by atoms with van der Waals surface area (Å²) >= 11 is 1.70. The topological polar surface area (TPSA) is 56.5 Å². The molecule has 0 fully saturated rings. The standard InChI is InChI=1S/C14H16N2O3S/c1-20-14-7-13-12(17-4-5-18-13)6-10(14)8-15-9-11-2-3-16-19-11/h2-3,6-7,15H,4-5,8-9H2,1H3. The average Bonchev–Trinajstić information content (AvgIpc) is 3.00. The summed E-state index contributed by atoms with van der Waals surface area (Å²) in [6.07, 6.45) is 3.71. The second kappa shape index (κ2) is 6.19. The van der Waals surface area contributed by atoms with Crippen LogP contribution in [-0.2, 0) is 13.1 Å². The van der Waals surface area contributed by atoms with Crippen molar-refractivity contribution in [3.05, 3.63) is 35.7 Å². The molecule has 0 bridgehead atoms. The number of thioether (sulfide) groups is 1. The Morgan fingerprint density at radius 1 is 1.20 bits per heavy atom. The molecule has 2 heterocycles. The molecule has 0 saturated carbocycles. The molecule has 6 heteroatoms. The SMILES string of the molecule is CSc1cc2c(cc1CNCc1ccno1)OCCO2. The number of hydrogen-bond donors (Lipinski definition) is 1. The van der Waals surface area contributed by atoms with E-state index in [4.69, 9.17) is 14.0 Å². The van der Waals surface area contributed by atoms with E-state index < -0.39 is 0 Å². The van der Waals surface area contributed by atoms with Gasteiger partial charge in [-0.25, -0.2) is 0 Å². The number of benzene rings is 1. The first-order chi connectivity index (χ1) is 9.86. The Balaban J connectivity index is 1.71. The average molecular weight is 292 g/mol. The van der Waals surface area contributed by atoms with Gasteiger partial charge >= 0.3 is 0 Å². The molecule has 0 unspecified atom stereocenters. The molecule has 106 valence electrons. The van der Waals surface area contributed by atoms with Crippen molar-refractivity contribution in [2.45, 2.75) is 18.0 Å². The van der Waals surface area contributed by atoms with Gasteiger partial charge in [-0.05, 0) is 24.0 Å². The van der Waals surface area contributed by atoms with Crippen LogP contribution in [-0.4, -0.2) is 24.6 Å². The second-order valence-electron chi connectivity index (χ2n) is 4.39. The molecule has 20 heavy (non-hydrogen) atoms. The number of nitrogens with one attached hydrogen (secondary N) is 1. The molecule has 2 aromatic rings. The van der Waals surface area contributed by atoms with Gasteiger partial charge in [-0.3, -0.25) is 0 Å². The highest BCUT2D eigenvalue weighted by Crippen LogP contribution is 2.36. The van der Waals surface area contributed by atoms with E-state index in [1.165, 1.54) is 10.5 Å². The molecule has 0 aliphatic carbocycles. The van der Waals surface area contributed by atoms with Gasteiger partial charge in [-0.1, -0.05) is 5.16 Å². The lowest BCUT2D eigenvalue weighted by atomic mass is 10.2. The van der Waals surface area contributed by atoms with Crippen LogP contribution in [0.15, 0.2) is 33.8 Å².